The van der Waals surface area contributed by atoms with E-state index < -0.39 is 18.0 Å². The molecule has 4 aliphatic carbocycles. The third-order valence-electron chi connectivity index (χ3n) is 24.2. The molecule has 0 heterocycles. The highest BCUT2D eigenvalue weighted by Gasteiger charge is 2.56. The molecular weight excluding hydrogens is 1330 g/mol. The lowest BCUT2D eigenvalue weighted by molar-refractivity contribution is 0.217. The third-order valence-corrected chi connectivity index (χ3v) is 27.2. The Morgan fingerprint density at radius 2 is 0.453 bits per heavy atom. The lowest BCUT2D eigenvalue weighted by Gasteiger charge is -2.33. The van der Waals surface area contributed by atoms with Crippen molar-refractivity contribution in [2.24, 2.45) is 47.3 Å². The molecule has 106 heavy (non-hydrogen) atoms. The van der Waals surface area contributed by atoms with Crippen molar-refractivity contribution >= 4 is 23.1 Å². The van der Waals surface area contributed by atoms with Crippen LogP contribution in [0.5, 0.6) is 46.0 Å². The summed E-state index contributed by atoms with van der Waals surface area (Å²) in [5, 5.41) is 2.20. The summed E-state index contributed by atoms with van der Waals surface area (Å²) in [5.41, 5.74) is 15.3. The van der Waals surface area contributed by atoms with Gasteiger partial charge in [-0.15, -0.1) is 0 Å². The van der Waals surface area contributed by atoms with Crippen LogP contribution in [0.2, 0.25) is 0 Å². The molecule has 9 aromatic carbocycles. The number of benzene rings is 9. The van der Waals surface area contributed by atoms with Gasteiger partial charge in [0.25, 0.3) is 0 Å². The quantitative estimate of drug-likeness (QED) is 0.0360. The van der Waals surface area contributed by atoms with E-state index in [0.29, 0.717) is 123 Å². The van der Waals surface area contributed by atoms with Gasteiger partial charge in [0.05, 0.1) is 63.7 Å². The Morgan fingerprint density at radius 3 is 0.708 bits per heavy atom. The minimum Gasteiger partial charge on any atom is -0.489 e. The van der Waals surface area contributed by atoms with Gasteiger partial charge >= 0.3 is 0 Å². The van der Waals surface area contributed by atoms with Crippen LogP contribution >= 0.6 is 7.14 Å². The molecular formula is C96H115O9P. The van der Waals surface area contributed by atoms with Gasteiger partial charge in [-0.05, 0) is 197 Å². The van der Waals surface area contributed by atoms with Crippen molar-refractivity contribution in [3.05, 3.63) is 208 Å². The molecule has 2 spiro atoms. The highest BCUT2D eigenvalue weighted by Crippen LogP contribution is 2.68. The molecule has 13 rings (SSSR count). The minimum atomic E-state index is -3.92. The van der Waals surface area contributed by atoms with E-state index in [2.05, 4.69) is 256 Å². The van der Waals surface area contributed by atoms with Crippen LogP contribution in [-0.4, -0.2) is 52.9 Å². The lowest BCUT2D eigenvalue weighted by atomic mass is 9.70. The van der Waals surface area contributed by atoms with Gasteiger partial charge in [-0.2, -0.15) is 0 Å². The van der Waals surface area contributed by atoms with E-state index in [9.17, 15) is 0 Å². The minimum absolute atomic E-state index is 0.303. The van der Waals surface area contributed by atoms with Crippen molar-refractivity contribution in [2.75, 3.05) is 52.9 Å². The second-order valence-electron chi connectivity index (χ2n) is 32.0. The van der Waals surface area contributed by atoms with Crippen molar-refractivity contribution < 1.29 is 42.5 Å². The maximum atomic E-state index is 18.5. The second kappa shape index (κ2) is 32.2. The smallest absolute Gasteiger partial charge is 0.171 e. The fourth-order valence-corrected chi connectivity index (χ4v) is 18.2. The summed E-state index contributed by atoms with van der Waals surface area (Å²) in [6, 6.07) is 59.7. The first-order valence-electron chi connectivity index (χ1n) is 40.3. The third kappa shape index (κ3) is 13.7. The molecule has 0 fully saturated rings. The fourth-order valence-electron chi connectivity index (χ4n) is 15.5. The molecule has 10 heteroatoms. The zero-order valence-corrected chi connectivity index (χ0v) is 67.0. The standard InChI is InChI=1S/C96H115O9P/c1-17-60(9)52-98-87-44-75-76-45-88(99-53-61(10)18-2)92(103-57-65(14)22-6)49-84(76)95(83(75)48-91(87)102-56-64(13)21-5)79-36-30-28-34-71(79)73-40-38-69(42-81(73)95)106(97,68-32-26-25-27-33-68)70-39-41-74-72-35-29-31-37-80(72)96(82(74)43-70)85-50-93(104-58-66(15)23-7)89(100-54-62(11)19-3)46-77(85)78-47-90(101-55-63(12)20-4)94(51-86(78)96)105-59-67(16)24-8/h25-51,60-67H,17-24,52-59H2,1-16H3. The predicted octanol–water partition coefficient (Wildman–Crippen LogP) is 23.4. The van der Waals surface area contributed by atoms with Gasteiger partial charge in [-0.3, -0.25) is 0 Å². The molecule has 9 nitrogen and oxygen atoms in total. The van der Waals surface area contributed by atoms with E-state index in [4.69, 9.17) is 37.9 Å². The molecule has 0 saturated carbocycles. The zero-order valence-electron chi connectivity index (χ0n) is 66.1. The van der Waals surface area contributed by atoms with Gasteiger partial charge in [-0.25, -0.2) is 0 Å². The summed E-state index contributed by atoms with van der Waals surface area (Å²) >= 11 is 0. The first-order valence-corrected chi connectivity index (χ1v) is 42.0. The molecule has 0 bridgehead atoms. The molecule has 8 unspecified atom stereocenters. The van der Waals surface area contributed by atoms with E-state index in [1.54, 1.807) is 0 Å². The highest BCUT2D eigenvalue weighted by atomic mass is 31.2. The first-order chi connectivity index (χ1) is 51.3. The molecule has 0 radical (unpaired) electrons. The molecule has 0 N–H and O–H groups in total. The van der Waals surface area contributed by atoms with Crippen LogP contribution in [0.15, 0.2) is 164 Å². The van der Waals surface area contributed by atoms with Crippen LogP contribution in [0.1, 0.15) is 207 Å². The Kier molecular flexibility index (Phi) is 23.0. The van der Waals surface area contributed by atoms with Crippen molar-refractivity contribution in [3.8, 4) is 90.5 Å². The number of hydrogen-bond donors (Lipinski definition) is 0. The van der Waals surface area contributed by atoms with Gasteiger partial charge in [0, 0.05) is 15.9 Å². The Bertz CT molecular complexity index is 4230. The van der Waals surface area contributed by atoms with Crippen molar-refractivity contribution in [3.63, 3.8) is 0 Å². The van der Waals surface area contributed by atoms with Gasteiger partial charge in [0.1, 0.15) is 0 Å². The monoisotopic (exact) mass is 1440 g/mol. The Balaban J connectivity index is 1.09. The summed E-state index contributed by atoms with van der Waals surface area (Å²) in [5.74, 6) is 8.23. The van der Waals surface area contributed by atoms with Crippen molar-refractivity contribution in [1.29, 1.82) is 0 Å². The predicted molar refractivity (Wildman–Crippen MR) is 438 cm³/mol. The Morgan fingerprint density at radius 1 is 0.236 bits per heavy atom. The summed E-state index contributed by atoms with van der Waals surface area (Å²) in [6.07, 6.45) is 7.81. The average Bonchev–Trinajstić information content (AvgIpc) is 1.51. The summed E-state index contributed by atoms with van der Waals surface area (Å²) < 4.78 is 74.7. The van der Waals surface area contributed by atoms with Gasteiger partial charge in [0.2, 0.25) is 0 Å². The summed E-state index contributed by atoms with van der Waals surface area (Å²) in [4.78, 5) is 0. The Hall–Kier alpha value is -8.39. The molecule has 0 saturated heterocycles. The topological polar surface area (TPSA) is 90.9 Å². The maximum absolute atomic E-state index is 18.5. The molecule has 4 aliphatic rings. The first kappa shape index (κ1) is 75.8. The Labute approximate surface area is 633 Å². The molecule has 9 aromatic rings. The number of fused-ring (bicyclic) bond motifs is 20. The van der Waals surface area contributed by atoms with Crippen LogP contribution in [0.3, 0.4) is 0 Å². The molecule has 8 atom stereocenters. The van der Waals surface area contributed by atoms with Crippen LogP contribution < -0.4 is 53.8 Å². The van der Waals surface area contributed by atoms with E-state index in [1.165, 1.54) is 0 Å². The zero-order chi connectivity index (χ0) is 74.8. The van der Waals surface area contributed by atoms with Crippen molar-refractivity contribution in [2.45, 2.75) is 173 Å². The van der Waals surface area contributed by atoms with Crippen LogP contribution in [-0.2, 0) is 15.4 Å². The van der Waals surface area contributed by atoms with E-state index in [0.717, 1.165) is 179 Å². The SMILES string of the molecule is CCC(C)COc1cc2c(cc1OCC(C)CC)C1(c3ccccc3-c3ccc(P(=O)(c4ccccc4)c4ccc5c(c4)C4(c6ccccc6-5)c5cc(OCC(C)CC)c(OCC(C)CC)cc5-c5cc(OCC(C)CC)c(OCC(C)CC)cc54)cc31)c1cc(OCC(C)CC)c(OCC(C)CC)cc1-2. The number of hydrogen-bond acceptors (Lipinski definition) is 9. The molecule has 0 amide bonds. The van der Waals surface area contributed by atoms with Gasteiger partial charge < -0.3 is 42.5 Å². The van der Waals surface area contributed by atoms with E-state index >= 15 is 4.57 Å². The van der Waals surface area contributed by atoms with Crippen LogP contribution in [0, 0.1) is 47.3 Å². The van der Waals surface area contributed by atoms with Crippen molar-refractivity contribution in [1.82, 2.24) is 0 Å². The fraction of sp³-hybridized carbons (Fsp3) is 0.438. The second-order valence-corrected chi connectivity index (χ2v) is 34.7. The van der Waals surface area contributed by atoms with Gasteiger partial charge in [-0.1, -0.05) is 265 Å². The molecule has 0 aliphatic heterocycles. The van der Waals surface area contributed by atoms with Crippen LogP contribution in [0.4, 0.5) is 0 Å². The van der Waals surface area contributed by atoms with Gasteiger partial charge in [0.15, 0.2) is 53.1 Å². The largest absolute Gasteiger partial charge is 0.489 e. The maximum Gasteiger partial charge on any atom is 0.171 e. The van der Waals surface area contributed by atoms with E-state index in [1.807, 2.05) is 18.2 Å². The summed E-state index contributed by atoms with van der Waals surface area (Å²) in [7, 11) is -3.92. The van der Waals surface area contributed by atoms with E-state index in [-0.39, 0.29) is 0 Å². The molecule has 0 aromatic heterocycles. The average molecular weight is 1440 g/mol. The normalized spacial score (nSPS) is 18.1. The lowest BCUT2D eigenvalue weighted by Crippen LogP contribution is -2.31. The highest BCUT2D eigenvalue weighted by molar-refractivity contribution is 7.85. The number of rotatable bonds is 35. The molecule has 558 valence electrons. The number of ether oxygens (including phenoxy) is 8. The van der Waals surface area contributed by atoms with Crippen LogP contribution in [0.25, 0.3) is 44.5 Å². The summed E-state index contributed by atoms with van der Waals surface area (Å²) in [6.45, 7) is 40.0.